The van der Waals surface area contributed by atoms with Crippen LogP contribution in [0.4, 0.5) is 0 Å². The maximum Gasteiger partial charge on any atom is 0.282 e. The van der Waals surface area contributed by atoms with Gasteiger partial charge in [-0.2, -0.15) is 18.1 Å². The smallest absolute Gasteiger partial charge is 0.247 e. The molecule has 3 rings (SSSR count). The van der Waals surface area contributed by atoms with Gasteiger partial charge >= 0.3 is 0 Å². The Kier molecular flexibility index (Phi) is 5.65. The highest BCUT2D eigenvalue weighted by Gasteiger charge is 2.22. The Morgan fingerprint density at radius 2 is 1.37 bits per heavy atom. The van der Waals surface area contributed by atoms with Crippen LogP contribution < -0.4 is 0 Å². The van der Waals surface area contributed by atoms with Crippen molar-refractivity contribution in [3.63, 3.8) is 0 Å². The second-order valence-electron chi connectivity index (χ2n) is 6.81. The third kappa shape index (κ3) is 4.20. The highest BCUT2D eigenvalue weighted by atomic mass is 32.2. The van der Waals surface area contributed by atoms with Crippen molar-refractivity contribution in [1.29, 1.82) is 5.26 Å². The zero-order chi connectivity index (χ0) is 22.1. The summed E-state index contributed by atoms with van der Waals surface area (Å²) in [6.07, 6.45) is 2.36. The lowest BCUT2D eigenvalue weighted by Gasteiger charge is -2.06. The van der Waals surface area contributed by atoms with Gasteiger partial charge in [0.25, 0.3) is 20.0 Å². The first-order chi connectivity index (χ1) is 14.0. The lowest BCUT2D eigenvalue weighted by Crippen LogP contribution is -2.11. The molecule has 0 N–H and O–H groups in total. The summed E-state index contributed by atoms with van der Waals surface area (Å²) in [7, 11) is -7.95. The lowest BCUT2D eigenvalue weighted by atomic mass is 10.1. The molecule has 3 aromatic rings. The second kappa shape index (κ2) is 7.89. The van der Waals surface area contributed by atoms with Gasteiger partial charge in [-0.1, -0.05) is 35.4 Å². The standard InChI is InChI=1S/C21H19N3O4S2/c1-15-4-8-19(9-5-15)29(25,26)23-17(3)21-14-24(13-18(21)12-22)30(27,28)20-10-6-16(2)7-11-20/h4-11,13-14H,1-3H3/b23-17-. The van der Waals surface area contributed by atoms with Crippen molar-refractivity contribution in [2.75, 3.05) is 0 Å². The number of aromatic nitrogens is 1. The van der Waals surface area contributed by atoms with E-state index in [-0.39, 0.29) is 26.6 Å². The number of nitrogens with zero attached hydrogens (tertiary/aromatic N) is 3. The molecule has 0 aliphatic rings. The van der Waals surface area contributed by atoms with Gasteiger partial charge in [0.05, 0.1) is 21.1 Å². The van der Waals surface area contributed by atoms with Gasteiger partial charge in [0.1, 0.15) is 6.07 Å². The summed E-state index contributed by atoms with van der Waals surface area (Å²) in [6.45, 7) is 5.10. The van der Waals surface area contributed by atoms with E-state index in [9.17, 15) is 22.1 Å². The molecule has 154 valence electrons. The highest BCUT2D eigenvalue weighted by Crippen LogP contribution is 2.21. The molecular weight excluding hydrogens is 422 g/mol. The predicted molar refractivity (Wildman–Crippen MR) is 113 cm³/mol. The average Bonchev–Trinajstić information content (AvgIpc) is 3.14. The van der Waals surface area contributed by atoms with Crippen LogP contribution in [0.25, 0.3) is 0 Å². The first kappa shape index (κ1) is 21.5. The van der Waals surface area contributed by atoms with Gasteiger partial charge in [0.2, 0.25) is 0 Å². The molecule has 30 heavy (non-hydrogen) atoms. The quantitative estimate of drug-likeness (QED) is 0.564. The van der Waals surface area contributed by atoms with E-state index in [4.69, 9.17) is 0 Å². The summed E-state index contributed by atoms with van der Waals surface area (Å²) in [5.41, 5.74) is 1.96. The van der Waals surface area contributed by atoms with E-state index in [2.05, 4.69) is 4.40 Å². The number of rotatable bonds is 5. The molecule has 9 heteroatoms. The van der Waals surface area contributed by atoms with E-state index < -0.39 is 20.0 Å². The summed E-state index contributed by atoms with van der Waals surface area (Å²) in [5, 5.41) is 9.44. The topological polar surface area (TPSA) is 109 Å². The van der Waals surface area contributed by atoms with Crippen LogP contribution in [-0.4, -0.2) is 26.5 Å². The van der Waals surface area contributed by atoms with E-state index in [1.165, 1.54) is 37.4 Å². The minimum Gasteiger partial charge on any atom is -0.247 e. The SMILES string of the molecule is C/C(=N/S(=O)(=O)c1ccc(C)cc1)c1cn(S(=O)(=O)c2ccc(C)cc2)cc1C#N. The van der Waals surface area contributed by atoms with E-state index in [0.717, 1.165) is 21.3 Å². The van der Waals surface area contributed by atoms with Crippen LogP contribution >= 0.6 is 0 Å². The summed E-state index contributed by atoms with van der Waals surface area (Å²) < 4.78 is 55.6. The zero-order valence-corrected chi connectivity index (χ0v) is 18.2. The van der Waals surface area contributed by atoms with Crippen molar-refractivity contribution in [1.82, 2.24) is 3.97 Å². The first-order valence-electron chi connectivity index (χ1n) is 8.87. The van der Waals surface area contributed by atoms with Crippen molar-refractivity contribution in [2.45, 2.75) is 30.6 Å². The Balaban J connectivity index is 2.06. The number of hydrogen-bond donors (Lipinski definition) is 0. The van der Waals surface area contributed by atoms with Crippen LogP contribution in [0.3, 0.4) is 0 Å². The molecular formula is C21H19N3O4S2. The molecule has 2 aromatic carbocycles. The fraction of sp³-hybridized carbons (Fsp3) is 0.143. The third-order valence-electron chi connectivity index (χ3n) is 4.49. The van der Waals surface area contributed by atoms with Gasteiger partial charge in [-0.15, -0.1) is 0 Å². The van der Waals surface area contributed by atoms with Crippen LogP contribution in [0.2, 0.25) is 0 Å². The monoisotopic (exact) mass is 441 g/mol. The average molecular weight is 442 g/mol. The Labute approximate surface area is 176 Å². The fourth-order valence-corrected chi connectivity index (χ4v) is 5.03. The molecule has 0 spiro atoms. The maximum atomic E-state index is 12.9. The van der Waals surface area contributed by atoms with E-state index >= 15 is 0 Å². The Morgan fingerprint density at radius 1 is 0.867 bits per heavy atom. The van der Waals surface area contributed by atoms with Crippen LogP contribution in [0.5, 0.6) is 0 Å². The molecule has 0 amide bonds. The number of nitriles is 1. The molecule has 0 atom stereocenters. The van der Waals surface area contributed by atoms with E-state index in [1.807, 2.05) is 19.9 Å². The molecule has 0 radical (unpaired) electrons. The van der Waals surface area contributed by atoms with Crippen LogP contribution in [-0.2, 0) is 20.0 Å². The molecule has 1 heterocycles. The minimum atomic E-state index is -4.01. The van der Waals surface area contributed by atoms with Gasteiger partial charge in [0, 0.05) is 18.0 Å². The first-order valence-corrected chi connectivity index (χ1v) is 11.8. The normalized spacial score (nSPS) is 12.5. The maximum absolute atomic E-state index is 12.9. The van der Waals surface area contributed by atoms with E-state index in [0.29, 0.717) is 0 Å². The van der Waals surface area contributed by atoms with Crippen molar-refractivity contribution in [3.05, 3.63) is 83.2 Å². The zero-order valence-electron chi connectivity index (χ0n) is 16.6. The Hall–Kier alpha value is -3.22. The molecule has 0 aliphatic heterocycles. The molecule has 0 aliphatic carbocycles. The number of sulfonamides is 1. The van der Waals surface area contributed by atoms with Crippen LogP contribution in [0, 0.1) is 25.2 Å². The number of benzene rings is 2. The summed E-state index contributed by atoms with van der Waals surface area (Å²) in [5.74, 6) is 0. The molecule has 7 nitrogen and oxygen atoms in total. The van der Waals surface area contributed by atoms with Crippen LogP contribution in [0.1, 0.15) is 29.2 Å². The van der Waals surface area contributed by atoms with Gasteiger partial charge in [-0.25, -0.2) is 12.4 Å². The predicted octanol–water partition coefficient (Wildman–Crippen LogP) is 3.41. The van der Waals surface area contributed by atoms with E-state index in [1.54, 1.807) is 24.3 Å². The Bertz CT molecular complexity index is 1380. The summed E-state index contributed by atoms with van der Waals surface area (Å²) in [4.78, 5) is 0.0682. The summed E-state index contributed by atoms with van der Waals surface area (Å²) >= 11 is 0. The molecule has 0 unspecified atom stereocenters. The largest absolute Gasteiger partial charge is 0.282 e. The second-order valence-corrected chi connectivity index (χ2v) is 10.3. The molecule has 1 aromatic heterocycles. The lowest BCUT2D eigenvalue weighted by molar-refractivity contribution is 0.587. The van der Waals surface area contributed by atoms with Crippen molar-refractivity contribution in [2.24, 2.45) is 4.40 Å². The molecule has 0 bridgehead atoms. The van der Waals surface area contributed by atoms with Gasteiger partial charge in [-0.3, -0.25) is 0 Å². The van der Waals surface area contributed by atoms with Crippen molar-refractivity contribution >= 4 is 25.8 Å². The molecule has 0 saturated heterocycles. The van der Waals surface area contributed by atoms with Gasteiger partial charge < -0.3 is 0 Å². The molecule has 0 fully saturated rings. The van der Waals surface area contributed by atoms with Crippen molar-refractivity contribution in [3.8, 4) is 6.07 Å². The van der Waals surface area contributed by atoms with Crippen molar-refractivity contribution < 1.29 is 16.8 Å². The summed E-state index contributed by atoms with van der Waals surface area (Å²) in [6, 6.07) is 14.4. The number of hydrogen-bond acceptors (Lipinski definition) is 5. The minimum absolute atomic E-state index is 0.00560. The molecule has 0 saturated carbocycles. The highest BCUT2D eigenvalue weighted by molar-refractivity contribution is 7.90. The van der Waals surface area contributed by atoms with Gasteiger partial charge in [-0.05, 0) is 45.0 Å². The Morgan fingerprint density at radius 3 is 1.87 bits per heavy atom. The fourth-order valence-electron chi connectivity index (χ4n) is 2.77. The van der Waals surface area contributed by atoms with Gasteiger partial charge in [0.15, 0.2) is 0 Å². The third-order valence-corrected chi connectivity index (χ3v) is 7.50. The van der Waals surface area contributed by atoms with Crippen LogP contribution in [0.15, 0.2) is 75.1 Å². The number of aryl methyl sites for hydroxylation is 2.